The summed E-state index contributed by atoms with van der Waals surface area (Å²) in [6.07, 6.45) is 8.96. The Labute approximate surface area is 152 Å². The fraction of sp³-hybridized carbons (Fsp3) is 0.520. The van der Waals surface area contributed by atoms with Gasteiger partial charge in [0, 0.05) is 0 Å². The molecule has 0 amide bonds. The lowest BCUT2D eigenvalue weighted by molar-refractivity contribution is -0.00518. The summed E-state index contributed by atoms with van der Waals surface area (Å²) in [5, 5.41) is 0. The van der Waals surface area contributed by atoms with Crippen molar-refractivity contribution in [3.63, 3.8) is 0 Å². The van der Waals surface area contributed by atoms with Crippen molar-refractivity contribution in [3.05, 3.63) is 59.7 Å². The van der Waals surface area contributed by atoms with Crippen molar-refractivity contribution in [2.45, 2.75) is 63.7 Å². The molecule has 0 N–H and O–H groups in total. The molecule has 0 heteroatoms. The summed E-state index contributed by atoms with van der Waals surface area (Å²) >= 11 is 0. The minimum atomic E-state index is 0.519. The first-order valence-electron chi connectivity index (χ1n) is 10.3. The van der Waals surface area contributed by atoms with Gasteiger partial charge in [-0.25, -0.2) is 0 Å². The average molecular weight is 331 g/mol. The van der Waals surface area contributed by atoms with Crippen LogP contribution < -0.4 is 0 Å². The molecule has 6 rings (SSSR count). The van der Waals surface area contributed by atoms with Gasteiger partial charge >= 0.3 is 0 Å². The Morgan fingerprint density at radius 2 is 1.32 bits per heavy atom. The molecule has 2 aromatic rings. The zero-order valence-electron chi connectivity index (χ0n) is 15.7. The fourth-order valence-corrected chi connectivity index (χ4v) is 6.73. The van der Waals surface area contributed by atoms with Gasteiger partial charge in [0.1, 0.15) is 0 Å². The molecule has 0 aliphatic heterocycles. The van der Waals surface area contributed by atoms with Crippen LogP contribution in [0.3, 0.4) is 0 Å². The van der Waals surface area contributed by atoms with Gasteiger partial charge < -0.3 is 0 Å². The van der Waals surface area contributed by atoms with Crippen LogP contribution in [0.15, 0.2) is 48.5 Å². The Balaban J connectivity index is 1.49. The minimum Gasteiger partial charge on any atom is -0.0619 e. The highest BCUT2D eigenvalue weighted by atomic mass is 14.6. The maximum atomic E-state index is 2.47. The van der Waals surface area contributed by atoms with Crippen LogP contribution in [0.4, 0.5) is 0 Å². The van der Waals surface area contributed by atoms with Gasteiger partial charge in [0.25, 0.3) is 0 Å². The highest BCUT2D eigenvalue weighted by molar-refractivity contribution is 5.68. The third-order valence-corrected chi connectivity index (χ3v) is 7.43. The van der Waals surface area contributed by atoms with Crippen molar-refractivity contribution < 1.29 is 0 Å². The summed E-state index contributed by atoms with van der Waals surface area (Å²) in [5.41, 5.74) is 6.42. The van der Waals surface area contributed by atoms with Gasteiger partial charge in [-0.15, -0.1) is 0 Å². The van der Waals surface area contributed by atoms with E-state index in [9.17, 15) is 0 Å². The molecule has 130 valence electrons. The molecule has 0 atom stereocenters. The predicted molar refractivity (Wildman–Crippen MR) is 106 cm³/mol. The largest absolute Gasteiger partial charge is 0.0619 e. The van der Waals surface area contributed by atoms with Crippen LogP contribution in [-0.2, 0) is 5.41 Å². The molecule has 0 unspecified atom stereocenters. The molecule has 4 fully saturated rings. The summed E-state index contributed by atoms with van der Waals surface area (Å²) in [6.45, 7) is 4.59. The second kappa shape index (κ2) is 5.73. The lowest BCUT2D eigenvalue weighted by atomic mass is 9.48. The summed E-state index contributed by atoms with van der Waals surface area (Å²) in [4.78, 5) is 0. The van der Waals surface area contributed by atoms with Gasteiger partial charge in [-0.2, -0.15) is 0 Å². The fourth-order valence-electron chi connectivity index (χ4n) is 6.73. The monoisotopic (exact) mass is 330 g/mol. The van der Waals surface area contributed by atoms with Gasteiger partial charge in [0.05, 0.1) is 0 Å². The van der Waals surface area contributed by atoms with Crippen molar-refractivity contribution in [1.29, 1.82) is 0 Å². The molecule has 4 saturated carbocycles. The highest BCUT2D eigenvalue weighted by Gasteiger charge is 2.51. The first-order chi connectivity index (χ1) is 12.1. The van der Waals surface area contributed by atoms with E-state index in [0.717, 1.165) is 17.8 Å². The Morgan fingerprint density at radius 3 is 1.88 bits per heavy atom. The molecule has 2 aromatic carbocycles. The summed E-state index contributed by atoms with van der Waals surface area (Å²) in [7, 11) is 0. The van der Waals surface area contributed by atoms with E-state index in [1.807, 2.05) is 0 Å². The molecular weight excluding hydrogens is 300 g/mol. The van der Waals surface area contributed by atoms with Crippen LogP contribution in [0, 0.1) is 17.8 Å². The maximum absolute atomic E-state index is 2.47. The molecule has 0 radical (unpaired) electrons. The van der Waals surface area contributed by atoms with Crippen LogP contribution >= 0.6 is 0 Å². The van der Waals surface area contributed by atoms with Crippen molar-refractivity contribution in [1.82, 2.24) is 0 Å². The quantitative estimate of drug-likeness (QED) is 0.571. The van der Waals surface area contributed by atoms with E-state index >= 15 is 0 Å². The zero-order chi connectivity index (χ0) is 17.0. The Hall–Kier alpha value is -1.56. The van der Waals surface area contributed by atoms with E-state index in [2.05, 4.69) is 62.4 Å². The van der Waals surface area contributed by atoms with E-state index < -0.39 is 0 Å². The minimum absolute atomic E-state index is 0.519. The van der Waals surface area contributed by atoms with Crippen LogP contribution in [0.2, 0.25) is 0 Å². The summed E-state index contributed by atoms with van der Waals surface area (Å²) in [5.74, 6) is 3.63. The van der Waals surface area contributed by atoms with E-state index in [-0.39, 0.29) is 0 Å². The van der Waals surface area contributed by atoms with Crippen LogP contribution in [0.1, 0.15) is 69.4 Å². The van der Waals surface area contributed by atoms with E-state index in [0.29, 0.717) is 11.3 Å². The van der Waals surface area contributed by atoms with Gasteiger partial charge in [0.15, 0.2) is 0 Å². The molecule has 0 nitrogen and oxygen atoms in total. The van der Waals surface area contributed by atoms with Gasteiger partial charge in [-0.05, 0) is 89.9 Å². The standard InChI is InChI=1S/C25H30/c1-17(2)23-5-3-4-6-24(23)21-7-9-22(10-8-21)25-14-18-11-19(15-25)13-20(12-18)16-25/h3-10,17-20H,11-16H2,1-2H3. The smallest absolute Gasteiger partial charge is 0.00391 e. The van der Waals surface area contributed by atoms with Crippen LogP contribution in [-0.4, -0.2) is 0 Å². The molecule has 0 saturated heterocycles. The normalized spacial score (nSPS) is 33.2. The second-order valence-electron chi connectivity index (χ2n) is 9.52. The number of rotatable bonds is 3. The van der Waals surface area contributed by atoms with E-state index in [4.69, 9.17) is 0 Å². The molecule has 4 bridgehead atoms. The highest BCUT2D eigenvalue weighted by Crippen LogP contribution is 2.60. The molecular formula is C25H30. The van der Waals surface area contributed by atoms with Crippen molar-refractivity contribution in [3.8, 4) is 11.1 Å². The molecule has 4 aliphatic rings. The van der Waals surface area contributed by atoms with Gasteiger partial charge in [0.2, 0.25) is 0 Å². The third kappa shape index (κ3) is 2.57. The Bertz CT molecular complexity index is 730. The molecule has 0 heterocycles. The average Bonchev–Trinajstić information content (AvgIpc) is 2.61. The van der Waals surface area contributed by atoms with Gasteiger partial charge in [-0.3, -0.25) is 0 Å². The molecule has 4 aliphatic carbocycles. The lowest BCUT2D eigenvalue weighted by Crippen LogP contribution is -2.48. The van der Waals surface area contributed by atoms with Crippen molar-refractivity contribution in [2.24, 2.45) is 17.8 Å². The zero-order valence-corrected chi connectivity index (χ0v) is 15.7. The second-order valence-corrected chi connectivity index (χ2v) is 9.52. The molecule has 0 spiro atoms. The Morgan fingerprint density at radius 1 is 0.760 bits per heavy atom. The van der Waals surface area contributed by atoms with Crippen LogP contribution in [0.5, 0.6) is 0 Å². The van der Waals surface area contributed by atoms with Crippen molar-refractivity contribution >= 4 is 0 Å². The van der Waals surface area contributed by atoms with Crippen LogP contribution in [0.25, 0.3) is 11.1 Å². The van der Waals surface area contributed by atoms with E-state index in [1.54, 1.807) is 5.56 Å². The molecule has 0 aromatic heterocycles. The maximum Gasteiger partial charge on any atom is -0.00391 e. The van der Waals surface area contributed by atoms with E-state index in [1.165, 1.54) is 55.2 Å². The summed E-state index contributed by atoms with van der Waals surface area (Å²) < 4.78 is 0. The summed E-state index contributed by atoms with van der Waals surface area (Å²) in [6, 6.07) is 18.7. The predicted octanol–water partition coefficient (Wildman–Crippen LogP) is 6.94. The molecule has 25 heavy (non-hydrogen) atoms. The third-order valence-electron chi connectivity index (χ3n) is 7.43. The number of hydrogen-bond acceptors (Lipinski definition) is 0. The first-order valence-corrected chi connectivity index (χ1v) is 10.3. The SMILES string of the molecule is CC(C)c1ccccc1-c1ccc(C23CC4CC(CC(C4)C2)C3)cc1. The van der Waals surface area contributed by atoms with Gasteiger partial charge in [-0.1, -0.05) is 62.4 Å². The lowest BCUT2D eigenvalue weighted by Gasteiger charge is -2.57. The first kappa shape index (κ1) is 15.7. The topological polar surface area (TPSA) is 0 Å². The van der Waals surface area contributed by atoms with Crippen molar-refractivity contribution in [2.75, 3.05) is 0 Å². The Kier molecular flexibility index (Phi) is 3.59. The number of hydrogen-bond donors (Lipinski definition) is 0. The number of benzene rings is 2.